The molecule has 0 spiro atoms. The van der Waals surface area contributed by atoms with Crippen molar-refractivity contribution in [3.05, 3.63) is 23.9 Å². The van der Waals surface area contributed by atoms with Crippen LogP contribution < -0.4 is 5.32 Å². The molecule has 1 fully saturated rings. The molecule has 1 aliphatic carbocycles. The minimum absolute atomic E-state index is 0.175. The third-order valence-corrected chi connectivity index (χ3v) is 4.00. The summed E-state index contributed by atoms with van der Waals surface area (Å²) in [5.74, 6) is -0.208. The van der Waals surface area contributed by atoms with E-state index < -0.39 is 5.97 Å². The molecule has 5 heteroatoms. The van der Waals surface area contributed by atoms with E-state index >= 15 is 0 Å². The highest BCUT2D eigenvalue weighted by atomic mass is 16.4. The maximum atomic E-state index is 11.1. The first-order chi connectivity index (χ1) is 9.65. The van der Waals surface area contributed by atoms with Gasteiger partial charge in [-0.1, -0.05) is 19.3 Å². The van der Waals surface area contributed by atoms with Crippen molar-refractivity contribution in [2.24, 2.45) is 5.41 Å². The summed E-state index contributed by atoms with van der Waals surface area (Å²) in [6.45, 7) is 0.561. The highest BCUT2D eigenvalue weighted by Crippen LogP contribution is 2.39. The molecule has 0 bridgehead atoms. The molecule has 5 nitrogen and oxygen atoms in total. The highest BCUT2D eigenvalue weighted by molar-refractivity contribution is 5.68. The zero-order valence-electron chi connectivity index (χ0n) is 11.4. The molecule has 0 atom stereocenters. The Balaban J connectivity index is 2.09. The lowest BCUT2D eigenvalue weighted by Gasteiger charge is -2.36. The number of pyridine rings is 1. The van der Waals surface area contributed by atoms with Gasteiger partial charge in [0, 0.05) is 12.7 Å². The number of carboxylic acid groups (broad SMARTS) is 1. The first-order valence-corrected chi connectivity index (χ1v) is 6.96. The van der Waals surface area contributed by atoms with E-state index in [1.54, 1.807) is 18.3 Å². The maximum absolute atomic E-state index is 11.1. The number of anilines is 1. The number of aromatic nitrogens is 1. The van der Waals surface area contributed by atoms with Crippen molar-refractivity contribution < 1.29 is 9.90 Å². The number of hydrogen-bond acceptors (Lipinski definition) is 4. The second kappa shape index (κ2) is 6.38. The minimum atomic E-state index is -0.754. The number of nitrogens with zero attached hydrogens (tertiary/aromatic N) is 2. The topological polar surface area (TPSA) is 86.0 Å². The van der Waals surface area contributed by atoms with Crippen LogP contribution in [0.5, 0.6) is 0 Å². The molecule has 2 rings (SSSR count). The molecular weight excluding hydrogens is 254 g/mol. The Kier molecular flexibility index (Phi) is 4.57. The van der Waals surface area contributed by atoms with Gasteiger partial charge in [0.25, 0.3) is 0 Å². The third-order valence-electron chi connectivity index (χ3n) is 4.00. The molecule has 1 heterocycles. The quantitative estimate of drug-likeness (QED) is 0.861. The number of aliphatic carboxylic acids is 1. The first kappa shape index (κ1) is 14.3. The Hall–Kier alpha value is -2.09. The van der Waals surface area contributed by atoms with Crippen LogP contribution in [0.25, 0.3) is 0 Å². The monoisotopic (exact) mass is 273 g/mol. The van der Waals surface area contributed by atoms with Crippen molar-refractivity contribution in [3.63, 3.8) is 0 Å². The third kappa shape index (κ3) is 3.47. The Bertz CT molecular complexity index is 516. The Labute approximate surface area is 118 Å². The lowest BCUT2D eigenvalue weighted by Crippen LogP contribution is -2.34. The van der Waals surface area contributed by atoms with Gasteiger partial charge < -0.3 is 10.4 Å². The van der Waals surface area contributed by atoms with Crippen molar-refractivity contribution in [1.82, 2.24) is 4.98 Å². The molecule has 0 aliphatic heterocycles. The molecular formula is C15H19N3O2. The van der Waals surface area contributed by atoms with Gasteiger partial charge in [0.05, 0.1) is 12.0 Å². The van der Waals surface area contributed by atoms with Crippen molar-refractivity contribution in [2.45, 2.75) is 38.5 Å². The van der Waals surface area contributed by atoms with E-state index in [2.05, 4.69) is 16.4 Å². The second-order valence-electron chi connectivity index (χ2n) is 5.50. The zero-order chi connectivity index (χ0) is 14.4. The van der Waals surface area contributed by atoms with Crippen LogP contribution in [0.2, 0.25) is 0 Å². The van der Waals surface area contributed by atoms with E-state index in [0.717, 1.165) is 25.7 Å². The SMILES string of the molecule is N#Cc1cccnc1NCC1(CC(=O)O)CCCCC1. The molecule has 1 saturated carbocycles. The average molecular weight is 273 g/mol. The first-order valence-electron chi connectivity index (χ1n) is 6.96. The van der Waals surface area contributed by atoms with E-state index in [9.17, 15) is 4.79 Å². The summed E-state index contributed by atoms with van der Waals surface area (Å²) < 4.78 is 0. The standard InChI is InChI=1S/C15H19N3O2/c16-10-12-5-4-8-17-14(12)18-11-15(9-13(19)20)6-2-1-3-7-15/h4-5,8H,1-3,6-7,9,11H2,(H,17,18)(H,19,20). The van der Waals surface area contributed by atoms with Crippen LogP contribution in [0.1, 0.15) is 44.1 Å². The smallest absolute Gasteiger partial charge is 0.303 e. The summed E-state index contributed by atoms with van der Waals surface area (Å²) >= 11 is 0. The van der Waals surface area contributed by atoms with Crippen LogP contribution in [0.3, 0.4) is 0 Å². The van der Waals surface area contributed by atoms with Crippen molar-refractivity contribution >= 4 is 11.8 Å². The van der Waals surface area contributed by atoms with Gasteiger partial charge in [0.1, 0.15) is 11.9 Å². The normalized spacial score (nSPS) is 17.1. The van der Waals surface area contributed by atoms with Gasteiger partial charge >= 0.3 is 5.97 Å². The predicted octanol–water partition coefficient (Wildman–Crippen LogP) is 2.79. The molecule has 1 aromatic heterocycles. The van der Waals surface area contributed by atoms with Crippen molar-refractivity contribution in [3.8, 4) is 6.07 Å². The van der Waals surface area contributed by atoms with Gasteiger partial charge in [-0.25, -0.2) is 4.98 Å². The van der Waals surface area contributed by atoms with Gasteiger partial charge in [-0.05, 0) is 30.4 Å². The highest BCUT2D eigenvalue weighted by Gasteiger charge is 2.34. The van der Waals surface area contributed by atoms with Crippen LogP contribution in [0.15, 0.2) is 18.3 Å². The lowest BCUT2D eigenvalue weighted by molar-refractivity contribution is -0.140. The summed E-state index contributed by atoms with van der Waals surface area (Å²) in [6.07, 6.45) is 6.96. The van der Waals surface area contributed by atoms with Crippen LogP contribution in [0.4, 0.5) is 5.82 Å². The summed E-state index contributed by atoms with van der Waals surface area (Å²) in [7, 11) is 0. The molecule has 106 valence electrons. The molecule has 0 amide bonds. The van der Waals surface area contributed by atoms with E-state index in [1.165, 1.54) is 6.42 Å². The molecule has 0 aromatic carbocycles. The molecule has 20 heavy (non-hydrogen) atoms. The Morgan fingerprint density at radius 1 is 1.45 bits per heavy atom. The van der Waals surface area contributed by atoms with Crippen molar-refractivity contribution in [1.29, 1.82) is 5.26 Å². The summed E-state index contributed by atoms with van der Waals surface area (Å²) in [5, 5.41) is 21.4. The number of hydrogen-bond donors (Lipinski definition) is 2. The van der Waals surface area contributed by atoms with Crippen LogP contribution >= 0.6 is 0 Å². The molecule has 0 unspecified atom stereocenters. The van der Waals surface area contributed by atoms with Gasteiger partial charge in [0.15, 0.2) is 0 Å². The van der Waals surface area contributed by atoms with Gasteiger partial charge in [-0.15, -0.1) is 0 Å². The fourth-order valence-electron chi connectivity index (χ4n) is 2.95. The predicted molar refractivity (Wildman–Crippen MR) is 75.2 cm³/mol. The average Bonchev–Trinajstić information content (AvgIpc) is 2.46. The fourth-order valence-corrected chi connectivity index (χ4v) is 2.95. The van der Waals surface area contributed by atoms with Crippen molar-refractivity contribution in [2.75, 3.05) is 11.9 Å². The number of carboxylic acids is 1. The molecule has 0 radical (unpaired) electrons. The van der Waals surface area contributed by atoms with Crippen LogP contribution in [-0.4, -0.2) is 22.6 Å². The second-order valence-corrected chi connectivity index (χ2v) is 5.50. The summed E-state index contributed by atoms with van der Waals surface area (Å²) in [5.41, 5.74) is 0.280. The van der Waals surface area contributed by atoms with Crippen LogP contribution in [0, 0.1) is 16.7 Å². The zero-order valence-corrected chi connectivity index (χ0v) is 11.4. The molecule has 2 N–H and O–H groups in total. The molecule has 1 aliphatic rings. The largest absolute Gasteiger partial charge is 0.481 e. The van der Waals surface area contributed by atoms with E-state index in [0.29, 0.717) is 17.9 Å². The Morgan fingerprint density at radius 2 is 2.20 bits per heavy atom. The van der Waals surface area contributed by atoms with E-state index in [4.69, 9.17) is 10.4 Å². The number of nitrogens with one attached hydrogen (secondary N) is 1. The summed E-state index contributed by atoms with van der Waals surface area (Å²) in [6, 6.07) is 5.52. The van der Waals surface area contributed by atoms with Gasteiger partial charge in [-0.2, -0.15) is 5.26 Å². The fraction of sp³-hybridized carbons (Fsp3) is 0.533. The summed E-state index contributed by atoms with van der Waals surface area (Å²) in [4.78, 5) is 15.3. The Morgan fingerprint density at radius 3 is 2.85 bits per heavy atom. The van der Waals surface area contributed by atoms with E-state index in [1.807, 2.05) is 0 Å². The lowest BCUT2D eigenvalue weighted by atomic mass is 9.71. The number of rotatable bonds is 5. The van der Waals surface area contributed by atoms with Gasteiger partial charge in [0.2, 0.25) is 0 Å². The minimum Gasteiger partial charge on any atom is -0.481 e. The van der Waals surface area contributed by atoms with E-state index in [-0.39, 0.29) is 11.8 Å². The number of carbonyl (C=O) groups is 1. The maximum Gasteiger partial charge on any atom is 0.303 e. The number of nitriles is 1. The molecule has 0 saturated heterocycles. The van der Waals surface area contributed by atoms with Crippen LogP contribution in [-0.2, 0) is 4.79 Å². The van der Waals surface area contributed by atoms with Gasteiger partial charge in [-0.3, -0.25) is 4.79 Å². The molecule has 1 aromatic rings.